The first-order chi connectivity index (χ1) is 8.52. The molecule has 1 aromatic carbocycles. The fraction of sp³-hybridized carbons (Fsp3) is 0.600. The maximum Gasteiger partial charge on any atom is 0.120 e. The summed E-state index contributed by atoms with van der Waals surface area (Å²) < 4.78 is 5.71. The lowest BCUT2D eigenvalue weighted by Gasteiger charge is -2.19. The standard InChI is InChI=1S/C15H26N2O/c1-11(2)8-9-15(17-16)13-6-5-7-14(10-13)18-12(3)4/h5-7,10-12,15,17H,8-9,16H2,1-4H3. The van der Waals surface area contributed by atoms with Crippen molar-refractivity contribution >= 4 is 0 Å². The molecule has 3 heteroatoms. The summed E-state index contributed by atoms with van der Waals surface area (Å²) in [6, 6.07) is 8.37. The van der Waals surface area contributed by atoms with E-state index < -0.39 is 0 Å². The van der Waals surface area contributed by atoms with E-state index in [4.69, 9.17) is 10.6 Å². The van der Waals surface area contributed by atoms with Crippen LogP contribution in [0.5, 0.6) is 5.75 Å². The third-order valence-electron chi connectivity index (χ3n) is 2.87. The van der Waals surface area contributed by atoms with Crippen molar-refractivity contribution in [2.24, 2.45) is 11.8 Å². The quantitative estimate of drug-likeness (QED) is 0.576. The van der Waals surface area contributed by atoms with Gasteiger partial charge in [0.15, 0.2) is 0 Å². The Kier molecular flexibility index (Phi) is 6.16. The topological polar surface area (TPSA) is 47.3 Å². The molecule has 1 rings (SSSR count). The number of nitrogens with two attached hydrogens (primary N) is 1. The molecule has 1 atom stereocenters. The molecule has 0 aromatic heterocycles. The monoisotopic (exact) mass is 250 g/mol. The van der Waals surface area contributed by atoms with Crippen LogP contribution in [0.1, 0.15) is 52.1 Å². The van der Waals surface area contributed by atoms with Gasteiger partial charge in [0, 0.05) is 6.04 Å². The van der Waals surface area contributed by atoms with Crippen molar-refractivity contribution in [1.29, 1.82) is 0 Å². The summed E-state index contributed by atoms with van der Waals surface area (Å²) in [6.07, 6.45) is 2.39. The zero-order valence-electron chi connectivity index (χ0n) is 11.9. The van der Waals surface area contributed by atoms with Crippen LogP contribution >= 0.6 is 0 Å². The molecular formula is C15H26N2O. The number of nitrogens with one attached hydrogen (secondary N) is 1. The van der Waals surface area contributed by atoms with Crippen molar-refractivity contribution in [2.45, 2.75) is 52.7 Å². The Balaban J connectivity index is 2.72. The number of ether oxygens (including phenoxy) is 1. The minimum absolute atomic E-state index is 0.195. The molecular weight excluding hydrogens is 224 g/mol. The van der Waals surface area contributed by atoms with Gasteiger partial charge in [-0.05, 0) is 50.3 Å². The summed E-state index contributed by atoms with van der Waals surface area (Å²) in [7, 11) is 0. The second-order valence-electron chi connectivity index (χ2n) is 5.43. The van der Waals surface area contributed by atoms with Crippen molar-refractivity contribution in [3.8, 4) is 5.75 Å². The summed E-state index contributed by atoms with van der Waals surface area (Å²) >= 11 is 0. The number of hydrogen-bond acceptors (Lipinski definition) is 3. The second-order valence-corrected chi connectivity index (χ2v) is 5.43. The molecule has 0 bridgehead atoms. The Hall–Kier alpha value is -1.06. The van der Waals surface area contributed by atoms with Crippen molar-refractivity contribution < 1.29 is 4.74 Å². The summed E-state index contributed by atoms with van der Waals surface area (Å²) in [5.74, 6) is 7.25. The molecule has 0 amide bonds. The molecule has 1 aromatic rings. The smallest absolute Gasteiger partial charge is 0.120 e. The van der Waals surface area contributed by atoms with Gasteiger partial charge in [-0.1, -0.05) is 26.0 Å². The molecule has 3 nitrogen and oxygen atoms in total. The zero-order chi connectivity index (χ0) is 13.5. The third kappa shape index (κ3) is 5.07. The van der Waals surface area contributed by atoms with E-state index in [9.17, 15) is 0 Å². The van der Waals surface area contributed by atoms with Gasteiger partial charge < -0.3 is 4.74 Å². The van der Waals surface area contributed by atoms with Gasteiger partial charge in [-0.15, -0.1) is 0 Å². The zero-order valence-corrected chi connectivity index (χ0v) is 11.9. The Morgan fingerprint density at radius 1 is 1.17 bits per heavy atom. The first-order valence-electron chi connectivity index (χ1n) is 6.75. The van der Waals surface area contributed by atoms with Crippen molar-refractivity contribution in [3.05, 3.63) is 29.8 Å². The van der Waals surface area contributed by atoms with Gasteiger partial charge in [-0.2, -0.15) is 0 Å². The van der Waals surface area contributed by atoms with Crippen LogP contribution in [0.25, 0.3) is 0 Å². The predicted molar refractivity (Wildman–Crippen MR) is 76.3 cm³/mol. The van der Waals surface area contributed by atoms with Crippen LogP contribution < -0.4 is 16.0 Å². The maximum atomic E-state index is 5.71. The minimum Gasteiger partial charge on any atom is -0.491 e. The molecule has 102 valence electrons. The van der Waals surface area contributed by atoms with Crippen LogP contribution in [-0.4, -0.2) is 6.10 Å². The molecule has 1 unspecified atom stereocenters. The largest absolute Gasteiger partial charge is 0.491 e. The highest BCUT2D eigenvalue weighted by molar-refractivity contribution is 5.30. The fourth-order valence-corrected chi connectivity index (χ4v) is 1.92. The third-order valence-corrected chi connectivity index (χ3v) is 2.87. The van der Waals surface area contributed by atoms with Crippen LogP contribution in [0.3, 0.4) is 0 Å². The van der Waals surface area contributed by atoms with Crippen LogP contribution in [0, 0.1) is 5.92 Å². The molecule has 0 radical (unpaired) electrons. The number of hydrazine groups is 1. The van der Waals surface area contributed by atoms with Crippen LogP contribution in [0.15, 0.2) is 24.3 Å². The van der Waals surface area contributed by atoms with E-state index in [1.807, 2.05) is 26.0 Å². The average molecular weight is 250 g/mol. The van der Waals surface area contributed by atoms with Gasteiger partial charge in [0.1, 0.15) is 5.75 Å². The van der Waals surface area contributed by atoms with Crippen molar-refractivity contribution in [2.75, 3.05) is 0 Å². The van der Waals surface area contributed by atoms with Crippen molar-refractivity contribution in [1.82, 2.24) is 5.43 Å². The average Bonchev–Trinajstić information content (AvgIpc) is 2.29. The second kappa shape index (κ2) is 7.39. The molecule has 0 heterocycles. The van der Waals surface area contributed by atoms with Gasteiger partial charge in [-0.3, -0.25) is 11.3 Å². The molecule has 3 N–H and O–H groups in total. The van der Waals surface area contributed by atoms with Gasteiger partial charge in [0.25, 0.3) is 0 Å². The van der Waals surface area contributed by atoms with Crippen LogP contribution in [0.4, 0.5) is 0 Å². The highest BCUT2D eigenvalue weighted by atomic mass is 16.5. The Morgan fingerprint density at radius 3 is 2.44 bits per heavy atom. The molecule has 0 aliphatic carbocycles. The number of rotatable bonds is 7. The lowest BCUT2D eigenvalue weighted by atomic mass is 9.98. The van der Waals surface area contributed by atoms with E-state index in [0.717, 1.165) is 18.6 Å². The fourth-order valence-electron chi connectivity index (χ4n) is 1.92. The van der Waals surface area contributed by atoms with E-state index >= 15 is 0 Å². The summed E-state index contributed by atoms with van der Waals surface area (Å²) in [4.78, 5) is 0. The molecule has 0 fully saturated rings. The van der Waals surface area contributed by atoms with E-state index in [1.165, 1.54) is 5.56 Å². The number of benzene rings is 1. The van der Waals surface area contributed by atoms with Crippen molar-refractivity contribution in [3.63, 3.8) is 0 Å². The normalized spacial score (nSPS) is 13.1. The molecule has 0 aliphatic rings. The van der Waals surface area contributed by atoms with E-state index in [1.54, 1.807) is 0 Å². The molecule has 0 aliphatic heterocycles. The Bertz CT molecular complexity index is 350. The SMILES string of the molecule is CC(C)CCC(NN)c1cccc(OC(C)C)c1. The maximum absolute atomic E-state index is 5.71. The van der Waals surface area contributed by atoms with Gasteiger partial charge in [-0.25, -0.2) is 0 Å². The van der Waals surface area contributed by atoms with Crippen LogP contribution in [-0.2, 0) is 0 Å². The minimum atomic E-state index is 0.195. The first-order valence-corrected chi connectivity index (χ1v) is 6.75. The highest BCUT2D eigenvalue weighted by Gasteiger charge is 2.11. The summed E-state index contributed by atoms with van der Waals surface area (Å²) in [6.45, 7) is 8.52. The highest BCUT2D eigenvalue weighted by Crippen LogP contribution is 2.24. The van der Waals surface area contributed by atoms with Gasteiger partial charge in [0.2, 0.25) is 0 Å². The summed E-state index contributed by atoms with van der Waals surface area (Å²) in [5.41, 5.74) is 4.09. The first kappa shape index (κ1) is 15.0. The molecule has 0 saturated heterocycles. The van der Waals surface area contributed by atoms with Gasteiger partial charge in [0.05, 0.1) is 6.10 Å². The van der Waals surface area contributed by atoms with E-state index in [-0.39, 0.29) is 12.1 Å². The lowest BCUT2D eigenvalue weighted by Crippen LogP contribution is -2.28. The van der Waals surface area contributed by atoms with E-state index in [2.05, 4.69) is 31.4 Å². The van der Waals surface area contributed by atoms with Crippen LogP contribution in [0.2, 0.25) is 0 Å². The Morgan fingerprint density at radius 2 is 1.89 bits per heavy atom. The van der Waals surface area contributed by atoms with Gasteiger partial charge >= 0.3 is 0 Å². The predicted octanol–water partition coefficient (Wildman–Crippen LogP) is 3.41. The number of hydrogen-bond donors (Lipinski definition) is 2. The lowest BCUT2D eigenvalue weighted by molar-refractivity contribution is 0.242. The Labute approximate surface area is 111 Å². The van der Waals surface area contributed by atoms with E-state index in [0.29, 0.717) is 5.92 Å². The molecule has 0 saturated carbocycles. The summed E-state index contributed by atoms with van der Waals surface area (Å²) in [5, 5.41) is 0. The molecule has 18 heavy (non-hydrogen) atoms. The molecule has 0 spiro atoms.